The van der Waals surface area contributed by atoms with Crippen LogP contribution >= 0.6 is 11.5 Å². The van der Waals surface area contributed by atoms with Crippen LogP contribution in [0.5, 0.6) is 5.75 Å². The molecule has 3 aliphatic heterocycles. The molecule has 1 aromatic heterocycles. The van der Waals surface area contributed by atoms with Crippen molar-refractivity contribution in [2.75, 3.05) is 32.8 Å². The Morgan fingerprint density at radius 1 is 1.19 bits per heavy atom. The predicted octanol–water partition coefficient (Wildman–Crippen LogP) is 2.20. The van der Waals surface area contributed by atoms with E-state index < -0.39 is 6.47 Å². The molecular weight excluding hydrogens is 426 g/mol. The zero-order valence-corrected chi connectivity index (χ0v) is 19.1. The molecule has 1 N–H and O–H groups in total. The summed E-state index contributed by atoms with van der Waals surface area (Å²) in [4.78, 5) is 21.4. The molecule has 2 saturated carbocycles. The average molecular weight is 458 g/mol. The maximum atomic E-state index is 13.1. The van der Waals surface area contributed by atoms with Crippen LogP contribution < -0.4 is 15.2 Å². The zero-order valence-electron chi connectivity index (χ0n) is 18.3. The minimum Gasteiger partial charge on any atom is -0.554 e. The number of amides is 1. The maximum absolute atomic E-state index is 13.1. The fourth-order valence-electron chi connectivity index (χ4n) is 5.46. The fourth-order valence-corrected chi connectivity index (χ4v) is 6.27. The number of nitrogens with zero attached hydrogens (tertiary/aromatic N) is 2. The molecule has 32 heavy (non-hydrogen) atoms. The number of fused-ring (bicyclic) bond motifs is 4. The fraction of sp³-hybridized carbons (Fsp3) is 0.625. The Morgan fingerprint density at radius 2 is 1.91 bits per heavy atom. The second-order valence-electron chi connectivity index (χ2n) is 10.1. The van der Waals surface area contributed by atoms with Gasteiger partial charge in [-0.3, -0.25) is 4.79 Å². The van der Waals surface area contributed by atoms with Gasteiger partial charge >= 0.3 is 0 Å². The normalized spacial score (nSPS) is 28.6. The van der Waals surface area contributed by atoms with Crippen molar-refractivity contribution in [1.82, 2.24) is 9.69 Å². The standard InChI is InChI=1S/C23H29N3O2S.CH2O2/c27-23(24-20-13-26(12-15-1-2-15)9-7-17(20)8-10-26)22-19-6-5-18(11-21(19)29-25-22)28-14-16-3-4-16;2-1-3/h5-6,11,15-17,20H,1-4,7-10,12-14H2;1H,(H,2,3)/t17?,20-,26?;/m1./s1. The van der Waals surface area contributed by atoms with E-state index in [4.69, 9.17) is 14.6 Å². The summed E-state index contributed by atoms with van der Waals surface area (Å²) in [7, 11) is 0. The lowest BCUT2D eigenvalue weighted by Crippen LogP contribution is -2.67. The smallest absolute Gasteiger partial charge is 0.272 e. The van der Waals surface area contributed by atoms with Crippen LogP contribution in [0, 0.1) is 17.8 Å². The third-order valence-electron chi connectivity index (χ3n) is 7.60. The molecule has 0 spiro atoms. The van der Waals surface area contributed by atoms with Gasteiger partial charge in [-0.05, 0) is 67.3 Å². The first kappa shape index (κ1) is 21.6. The van der Waals surface area contributed by atoms with Gasteiger partial charge in [-0.2, -0.15) is 4.37 Å². The third-order valence-corrected chi connectivity index (χ3v) is 8.41. The number of carboxylic acid groups (broad SMARTS) is 1. The molecule has 0 unspecified atom stereocenters. The topological polar surface area (TPSA) is 91.3 Å². The molecular formula is C24H31N3O4S. The molecule has 8 heteroatoms. The van der Waals surface area contributed by atoms with Gasteiger partial charge < -0.3 is 24.4 Å². The van der Waals surface area contributed by atoms with E-state index in [2.05, 4.69) is 9.69 Å². The van der Waals surface area contributed by atoms with E-state index in [0.29, 0.717) is 17.7 Å². The highest BCUT2D eigenvalue weighted by Crippen LogP contribution is 2.40. The molecule has 1 atom stereocenters. The first-order valence-corrected chi connectivity index (χ1v) is 12.6. The molecule has 3 saturated heterocycles. The number of nitrogens with one attached hydrogen (secondary N) is 1. The third kappa shape index (κ3) is 4.76. The summed E-state index contributed by atoms with van der Waals surface area (Å²) in [6.07, 6.45) is 7.93. The van der Waals surface area contributed by atoms with Gasteiger partial charge in [0.1, 0.15) is 11.4 Å². The Labute approximate surface area is 192 Å². The van der Waals surface area contributed by atoms with Crippen LogP contribution in [-0.2, 0) is 4.79 Å². The zero-order chi connectivity index (χ0) is 22.1. The molecule has 4 heterocycles. The van der Waals surface area contributed by atoms with Gasteiger partial charge in [-0.15, -0.1) is 0 Å². The highest BCUT2D eigenvalue weighted by atomic mass is 32.1. The molecule has 1 amide bonds. The van der Waals surface area contributed by atoms with Crippen molar-refractivity contribution >= 4 is 34.0 Å². The van der Waals surface area contributed by atoms with E-state index in [9.17, 15) is 4.79 Å². The van der Waals surface area contributed by atoms with Crippen molar-refractivity contribution in [3.63, 3.8) is 0 Å². The first-order chi connectivity index (χ1) is 15.6. The molecule has 7 rings (SSSR count). The van der Waals surface area contributed by atoms with Gasteiger partial charge in [0, 0.05) is 30.6 Å². The number of aromatic nitrogens is 1. The summed E-state index contributed by atoms with van der Waals surface area (Å²) in [5, 5.41) is 12.6. The van der Waals surface area contributed by atoms with Crippen LogP contribution in [0.25, 0.3) is 10.1 Å². The van der Waals surface area contributed by atoms with E-state index in [1.165, 1.54) is 74.2 Å². The average Bonchev–Trinajstić information content (AvgIpc) is 3.73. The van der Waals surface area contributed by atoms with E-state index >= 15 is 0 Å². The van der Waals surface area contributed by atoms with Crippen molar-refractivity contribution in [3.8, 4) is 5.75 Å². The minimum absolute atomic E-state index is 0.00576. The highest BCUT2D eigenvalue weighted by molar-refractivity contribution is 7.13. The van der Waals surface area contributed by atoms with E-state index in [1.807, 2.05) is 18.2 Å². The largest absolute Gasteiger partial charge is 0.554 e. The molecule has 2 aliphatic carbocycles. The summed E-state index contributed by atoms with van der Waals surface area (Å²) >= 11 is 1.40. The Kier molecular flexibility index (Phi) is 6.07. The molecule has 5 fully saturated rings. The summed E-state index contributed by atoms with van der Waals surface area (Å²) in [5.74, 6) is 3.22. The van der Waals surface area contributed by atoms with Gasteiger partial charge in [0.05, 0.1) is 43.5 Å². The second-order valence-corrected chi connectivity index (χ2v) is 10.9. The lowest BCUT2D eigenvalue weighted by molar-refractivity contribution is -0.945. The molecule has 0 radical (unpaired) electrons. The summed E-state index contributed by atoms with van der Waals surface area (Å²) < 4.78 is 12.7. The molecule has 7 nitrogen and oxygen atoms in total. The van der Waals surface area contributed by atoms with Crippen molar-refractivity contribution < 1.29 is 23.9 Å². The Bertz CT molecular complexity index is 977. The maximum Gasteiger partial charge on any atom is 0.272 e. The molecule has 2 aromatic rings. The predicted molar refractivity (Wildman–Crippen MR) is 120 cm³/mol. The lowest BCUT2D eigenvalue weighted by atomic mass is 9.81. The first-order valence-electron chi connectivity index (χ1n) is 11.8. The minimum atomic E-state index is -0.500. The van der Waals surface area contributed by atoms with Crippen LogP contribution in [0.1, 0.15) is 49.0 Å². The van der Waals surface area contributed by atoms with E-state index in [0.717, 1.165) is 40.8 Å². The number of hydrogen-bond acceptors (Lipinski definition) is 6. The number of hydrogen-bond donors (Lipinski definition) is 1. The number of benzene rings is 1. The van der Waals surface area contributed by atoms with Crippen LogP contribution in [0.2, 0.25) is 0 Å². The summed E-state index contributed by atoms with van der Waals surface area (Å²) in [6, 6.07) is 6.34. The molecule has 1 aromatic carbocycles. The van der Waals surface area contributed by atoms with Crippen molar-refractivity contribution in [2.45, 2.75) is 44.6 Å². The Morgan fingerprint density at radius 3 is 2.59 bits per heavy atom. The second kappa shape index (κ2) is 8.98. The molecule has 172 valence electrons. The summed E-state index contributed by atoms with van der Waals surface area (Å²) in [6.45, 7) is 5.39. The van der Waals surface area contributed by atoms with E-state index in [-0.39, 0.29) is 5.91 Å². The number of piperidine rings is 3. The quantitative estimate of drug-likeness (QED) is 0.508. The number of quaternary nitrogens is 1. The van der Waals surface area contributed by atoms with Gasteiger partial charge in [0.25, 0.3) is 5.91 Å². The number of ether oxygens (including phenoxy) is 1. The Balaban J connectivity index is 0.000000684. The number of carbonyl (C=O) groups excluding carboxylic acids is 2. The lowest BCUT2D eigenvalue weighted by Gasteiger charge is -2.53. The van der Waals surface area contributed by atoms with Crippen LogP contribution in [0.3, 0.4) is 0 Å². The van der Waals surface area contributed by atoms with Crippen LogP contribution in [-0.4, -0.2) is 60.1 Å². The summed E-state index contributed by atoms with van der Waals surface area (Å²) in [5.41, 5.74) is 0.587. The van der Waals surface area contributed by atoms with Gasteiger partial charge in [-0.1, -0.05) is 0 Å². The van der Waals surface area contributed by atoms with Gasteiger partial charge in [0.15, 0.2) is 0 Å². The SMILES string of the molecule is O=C(N[C@@H]1C[N+]2(CC3CC3)CCC1CC2)c1nsc2cc(OCC3CC3)ccc12.O=C[O-]. The van der Waals surface area contributed by atoms with Crippen molar-refractivity contribution in [3.05, 3.63) is 23.9 Å². The van der Waals surface area contributed by atoms with Gasteiger partial charge in [0.2, 0.25) is 0 Å². The van der Waals surface area contributed by atoms with Crippen LogP contribution in [0.4, 0.5) is 0 Å². The number of rotatable bonds is 7. The Hall–Kier alpha value is -2.19. The molecule has 5 aliphatic rings. The van der Waals surface area contributed by atoms with Crippen molar-refractivity contribution in [1.29, 1.82) is 0 Å². The van der Waals surface area contributed by atoms with Crippen molar-refractivity contribution in [2.24, 2.45) is 17.8 Å². The van der Waals surface area contributed by atoms with Gasteiger partial charge in [-0.25, -0.2) is 0 Å². The van der Waals surface area contributed by atoms with E-state index in [1.54, 1.807) is 0 Å². The van der Waals surface area contributed by atoms with Crippen LogP contribution in [0.15, 0.2) is 18.2 Å². The monoisotopic (exact) mass is 457 g/mol. The highest BCUT2D eigenvalue weighted by Gasteiger charge is 2.48. The number of carbonyl (C=O) groups is 2. The molecule has 2 bridgehead atoms.